The van der Waals surface area contributed by atoms with Crippen molar-refractivity contribution < 1.29 is 9.53 Å². The molecule has 1 atom stereocenters. The average molecular weight is 310 g/mol. The van der Waals surface area contributed by atoms with E-state index in [1.54, 1.807) is 0 Å². The number of para-hydroxylation sites is 2. The summed E-state index contributed by atoms with van der Waals surface area (Å²) < 4.78 is 5.58. The van der Waals surface area contributed by atoms with E-state index in [9.17, 15) is 4.79 Å². The summed E-state index contributed by atoms with van der Waals surface area (Å²) in [4.78, 5) is 12.8. The van der Waals surface area contributed by atoms with Gasteiger partial charge in [0.15, 0.2) is 0 Å². The zero-order valence-electron chi connectivity index (χ0n) is 13.3. The third-order valence-corrected chi connectivity index (χ3v) is 3.82. The number of hydrogen-bond donors (Lipinski definition) is 2. The van der Waals surface area contributed by atoms with Crippen LogP contribution in [0.1, 0.15) is 31.4 Å². The van der Waals surface area contributed by atoms with Crippen LogP contribution in [0.15, 0.2) is 54.6 Å². The maximum absolute atomic E-state index is 12.8. The maximum Gasteiger partial charge on any atom is 0.246 e. The number of anilines is 1. The molecule has 0 spiro atoms. The highest BCUT2D eigenvalue weighted by atomic mass is 16.5. The average Bonchev–Trinajstić information content (AvgIpc) is 3.39. The Morgan fingerprint density at radius 1 is 1.13 bits per heavy atom. The zero-order valence-corrected chi connectivity index (χ0v) is 13.3. The largest absolute Gasteiger partial charge is 0.492 e. The SMILES string of the molecule is CCOc1ccccc1NC(=O)[C@@H](NC1CC1)c1ccccc1. The molecule has 1 amide bonds. The summed E-state index contributed by atoms with van der Waals surface area (Å²) in [6.07, 6.45) is 2.26. The molecule has 2 N–H and O–H groups in total. The van der Waals surface area contributed by atoms with Gasteiger partial charge >= 0.3 is 0 Å². The monoisotopic (exact) mass is 310 g/mol. The predicted molar refractivity (Wildman–Crippen MR) is 91.6 cm³/mol. The van der Waals surface area contributed by atoms with Gasteiger partial charge in [0.1, 0.15) is 11.8 Å². The van der Waals surface area contributed by atoms with Crippen LogP contribution in [0, 0.1) is 0 Å². The quantitative estimate of drug-likeness (QED) is 0.822. The first-order valence-electron chi connectivity index (χ1n) is 8.11. The van der Waals surface area contributed by atoms with Crippen molar-refractivity contribution in [3.8, 4) is 5.75 Å². The van der Waals surface area contributed by atoms with Gasteiger partial charge in [-0.05, 0) is 37.5 Å². The summed E-state index contributed by atoms with van der Waals surface area (Å²) >= 11 is 0. The molecule has 4 heteroatoms. The van der Waals surface area contributed by atoms with Crippen LogP contribution in [0.4, 0.5) is 5.69 Å². The highest BCUT2D eigenvalue weighted by molar-refractivity contribution is 5.96. The minimum absolute atomic E-state index is 0.0600. The van der Waals surface area contributed by atoms with Crippen LogP contribution in [-0.4, -0.2) is 18.6 Å². The zero-order chi connectivity index (χ0) is 16.1. The predicted octanol–water partition coefficient (Wildman–Crippen LogP) is 3.52. The molecule has 0 unspecified atom stereocenters. The molecule has 1 fully saturated rings. The molecule has 0 saturated heterocycles. The smallest absolute Gasteiger partial charge is 0.246 e. The molecule has 2 aromatic carbocycles. The van der Waals surface area contributed by atoms with E-state index in [0.717, 1.165) is 18.4 Å². The van der Waals surface area contributed by atoms with Gasteiger partial charge in [0.2, 0.25) is 5.91 Å². The number of nitrogens with one attached hydrogen (secondary N) is 2. The first kappa shape index (κ1) is 15.6. The van der Waals surface area contributed by atoms with E-state index in [2.05, 4.69) is 10.6 Å². The Morgan fingerprint density at radius 3 is 2.52 bits per heavy atom. The maximum atomic E-state index is 12.8. The van der Waals surface area contributed by atoms with Gasteiger partial charge in [-0.1, -0.05) is 42.5 Å². The molecular weight excluding hydrogens is 288 g/mol. The van der Waals surface area contributed by atoms with E-state index in [-0.39, 0.29) is 11.9 Å². The fraction of sp³-hybridized carbons (Fsp3) is 0.316. The van der Waals surface area contributed by atoms with Crippen molar-refractivity contribution in [3.63, 3.8) is 0 Å². The third-order valence-electron chi connectivity index (χ3n) is 3.82. The van der Waals surface area contributed by atoms with Crippen molar-refractivity contribution in [1.82, 2.24) is 5.32 Å². The normalized spacial score (nSPS) is 15.0. The van der Waals surface area contributed by atoms with Crippen molar-refractivity contribution in [2.75, 3.05) is 11.9 Å². The minimum atomic E-state index is -0.349. The van der Waals surface area contributed by atoms with Gasteiger partial charge in [0.25, 0.3) is 0 Å². The summed E-state index contributed by atoms with van der Waals surface area (Å²) in [6, 6.07) is 17.4. The highest BCUT2D eigenvalue weighted by Gasteiger charge is 2.29. The van der Waals surface area contributed by atoms with Crippen LogP contribution < -0.4 is 15.4 Å². The Kier molecular flexibility index (Phi) is 4.93. The van der Waals surface area contributed by atoms with E-state index < -0.39 is 0 Å². The molecule has 4 nitrogen and oxygen atoms in total. The molecule has 1 saturated carbocycles. The van der Waals surface area contributed by atoms with E-state index >= 15 is 0 Å². The molecule has 2 aromatic rings. The van der Waals surface area contributed by atoms with Gasteiger partial charge in [-0.3, -0.25) is 10.1 Å². The Hall–Kier alpha value is -2.33. The van der Waals surface area contributed by atoms with Gasteiger partial charge in [-0.2, -0.15) is 0 Å². The van der Waals surface area contributed by atoms with E-state index in [4.69, 9.17) is 4.74 Å². The van der Waals surface area contributed by atoms with Gasteiger partial charge < -0.3 is 10.1 Å². The molecule has 3 rings (SSSR count). The Bertz CT molecular complexity index is 653. The molecule has 0 aliphatic heterocycles. The number of hydrogen-bond acceptors (Lipinski definition) is 3. The molecule has 0 radical (unpaired) electrons. The number of amides is 1. The molecule has 23 heavy (non-hydrogen) atoms. The van der Waals surface area contributed by atoms with Gasteiger partial charge in [-0.15, -0.1) is 0 Å². The molecule has 0 bridgehead atoms. The van der Waals surface area contributed by atoms with E-state index in [1.165, 1.54) is 0 Å². The number of carbonyl (C=O) groups excluding carboxylic acids is 1. The first-order chi connectivity index (χ1) is 11.3. The lowest BCUT2D eigenvalue weighted by Gasteiger charge is -2.19. The van der Waals surface area contributed by atoms with Crippen molar-refractivity contribution in [3.05, 3.63) is 60.2 Å². The second-order valence-electron chi connectivity index (χ2n) is 5.70. The van der Waals surface area contributed by atoms with Crippen LogP contribution in [0.5, 0.6) is 5.75 Å². The van der Waals surface area contributed by atoms with Gasteiger partial charge in [-0.25, -0.2) is 0 Å². The van der Waals surface area contributed by atoms with Crippen LogP contribution in [0.25, 0.3) is 0 Å². The lowest BCUT2D eigenvalue weighted by Crippen LogP contribution is -2.34. The lowest BCUT2D eigenvalue weighted by atomic mass is 10.1. The van der Waals surface area contributed by atoms with Crippen molar-refractivity contribution in [2.45, 2.75) is 31.8 Å². The van der Waals surface area contributed by atoms with Crippen LogP contribution >= 0.6 is 0 Å². The van der Waals surface area contributed by atoms with Crippen molar-refractivity contribution in [1.29, 1.82) is 0 Å². The lowest BCUT2D eigenvalue weighted by molar-refractivity contribution is -0.118. The standard InChI is InChI=1S/C19H22N2O2/c1-2-23-17-11-7-6-10-16(17)21-19(22)18(20-15-12-13-15)14-8-4-3-5-9-14/h3-11,15,18,20H,2,12-13H2,1H3,(H,21,22)/t18-/m0/s1. The Labute approximate surface area is 136 Å². The van der Waals surface area contributed by atoms with Crippen molar-refractivity contribution in [2.24, 2.45) is 0 Å². The van der Waals surface area contributed by atoms with E-state index in [0.29, 0.717) is 24.1 Å². The second-order valence-corrected chi connectivity index (χ2v) is 5.70. The summed E-state index contributed by atoms with van der Waals surface area (Å²) in [6.45, 7) is 2.50. The highest BCUT2D eigenvalue weighted by Crippen LogP contribution is 2.28. The van der Waals surface area contributed by atoms with Crippen LogP contribution in [0.3, 0.4) is 0 Å². The van der Waals surface area contributed by atoms with Crippen LogP contribution in [0.2, 0.25) is 0 Å². The number of benzene rings is 2. The topological polar surface area (TPSA) is 50.4 Å². The molecule has 0 aromatic heterocycles. The molecule has 1 aliphatic carbocycles. The van der Waals surface area contributed by atoms with E-state index in [1.807, 2.05) is 61.5 Å². The molecular formula is C19H22N2O2. The minimum Gasteiger partial charge on any atom is -0.492 e. The summed E-state index contributed by atoms with van der Waals surface area (Å²) in [5.41, 5.74) is 1.68. The van der Waals surface area contributed by atoms with Gasteiger partial charge in [0.05, 0.1) is 12.3 Å². The molecule has 0 heterocycles. The number of rotatable bonds is 7. The van der Waals surface area contributed by atoms with Crippen molar-refractivity contribution >= 4 is 11.6 Å². The second kappa shape index (κ2) is 7.29. The Morgan fingerprint density at radius 2 is 1.83 bits per heavy atom. The molecule has 120 valence electrons. The van der Waals surface area contributed by atoms with Crippen LogP contribution in [-0.2, 0) is 4.79 Å². The summed E-state index contributed by atoms with van der Waals surface area (Å²) in [5.74, 6) is 0.636. The fourth-order valence-corrected chi connectivity index (χ4v) is 2.51. The third kappa shape index (κ3) is 4.11. The molecule has 1 aliphatic rings. The fourth-order valence-electron chi connectivity index (χ4n) is 2.51. The summed E-state index contributed by atoms with van der Waals surface area (Å²) in [5, 5.41) is 6.43. The van der Waals surface area contributed by atoms with Gasteiger partial charge in [0, 0.05) is 6.04 Å². The number of carbonyl (C=O) groups is 1. The Balaban J connectivity index is 1.78. The number of ether oxygens (including phenoxy) is 1. The summed E-state index contributed by atoms with van der Waals surface area (Å²) in [7, 11) is 0. The first-order valence-corrected chi connectivity index (χ1v) is 8.11.